The zero-order valence-electron chi connectivity index (χ0n) is 17.6. The molecule has 2 bridgehead atoms. The van der Waals surface area contributed by atoms with Crippen molar-refractivity contribution in [3.05, 3.63) is 71.3 Å². The number of benzene rings is 2. The van der Waals surface area contributed by atoms with Crippen LogP contribution in [-0.4, -0.2) is 40.6 Å². The molecule has 3 fully saturated rings. The second-order valence-corrected chi connectivity index (χ2v) is 9.94. The molecule has 2 aromatic carbocycles. The Balaban J connectivity index is 1.26. The first-order valence-corrected chi connectivity index (χ1v) is 11.4. The van der Waals surface area contributed by atoms with Crippen LogP contribution in [0.15, 0.2) is 54.6 Å². The number of nitrogens with two attached hydrogens (primary N) is 1. The van der Waals surface area contributed by atoms with Gasteiger partial charge in [0.15, 0.2) is 0 Å². The third-order valence-electron chi connectivity index (χ3n) is 7.99. The quantitative estimate of drug-likeness (QED) is 0.792. The van der Waals surface area contributed by atoms with Gasteiger partial charge >= 0.3 is 0 Å². The third kappa shape index (κ3) is 3.57. The van der Waals surface area contributed by atoms with Crippen LogP contribution in [-0.2, 0) is 5.41 Å². The van der Waals surface area contributed by atoms with Crippen LogP contribution in [0.25, 0.3) is 0 Å². The van der Waals surface area contributed by atoms with Crippen molar-refractivity contribution >= 4 is 5.91 Å². The Morgan fingerprint density at radius 2 is 1.87 bits per heavy atom. The zero-order valence-corrected chi connectivity index (χ0v) is 17.6. The van der Waals surface area contributed by atoms with E-state index < -0.39 is 5.60 Å². The lowest BCUT2D eigenvalue weighted by molar-refractivity contribution is -0.0930. The van der Waals surface area contributed by atoms with E-state index in [1.807, 2.05) is 18.2 Å². The largest absolute Gasteiger partial charge is 0.389 e. The predicted molar refractivity (Wildman–Crippen MR) is 118 cm³/mol. The molecule has 0 aromatic heterocycles. The number of nitrogens with zero attached hydrogens (tertiary/aromatic N) is 1. The first-order chi connectivity index (χ1) is 14.5. The van der Waals surface area contributed by atoms with Gasteiger partial charge < -0.3 is 10.8 Å². The Bertz CT molecular complexity index is 922. The summed E-state index contributed by atoms with van der Waals surface area (Å²) < 4.78 is 0. The number of amides is 1. The molecule has 2 aromatic rings. The molecule has 2 unspecified atom stereocenters. The van der Waals surface area contributed by atoms with E-state index in [-0.39, 0.29) is 11.3 Å². The number of carbonyl (C=O) groups is 1. The number of primary amides is 1. The first kappa shape index (κ1) is 19.8. The Labute approximate surface area is 179 Å². The Morgan fingerprint density at radius 3 is 2.63 bits per heavy atom. The van der Waals surface area contributed by atoms with Crippen LogP contribution in [0.5, 0.6) is 0 Å². The Kier molecular flexibility index (Phi) is 4.95. The molecule has 2 atom stereocenters. The number of piperidine rings is 1. The molecule has 4 nitrogen and oxygen atoms in total. The van der Waals surface area contributed by atoms with Gasteiger partial charge in [-0.1, -0.05) is 48.9 Å². The Hall–Kier alpha value is -2.17. The van der Waals surface area contributed by atoms with E-state index in [1.54, 1.807) is 0 Å². The van der Waals surface area contributed by atoms with Gasteiger partial charge in [0.25, 0.3) is 0 Å². The molecule has 0 spiro atoms. The lowest BCUT2D eigenvalue weighted by Crippen LogP contribution is -2.58. The maximum Gasteiger partial charge on any atom is 0.248 e. The minimum absolute atomic E-state index is 0.152. The topological polar surface area (TPSA) is 66.6 Å². The average molecular weight is 405 g/mol. The van der Waals surface area contributed by atoms with Crippen molar-refractivity contribution in [1.29, 1.82) is 0 Å². The second-order valence-electron chi connectivity index (χ2n) is 9.94. The van der Waals surface area contributed by atoms with Crippen molar-refractivity contribution in [3.63, 3.8) is 0 Å². The van der Waals surface area contributed by atoms with Gasteiger partial charge in [-0.05, 0) is 79.7 Å². The number of carbonyl (C=O) groups excluding carboxylic acids is 1. The van der Waals surface area contributed by atoms with E-state index in [0.29, 0.717) is 17.5 Å². The highest BCUT2D eigenvalue weighted by Gasteiger charge is 2.49. The number of fused-ring (bicyclic) bond motifs is 2. The maximum absolute atomic E-state index is 11.7. The third-order valence-corrected chi connectivity index (χ3v) is 7.99. The van der Waals surface area contributed by atoms with Gasteiger partial charge in [-0.25, -0.2) is 0 Å². The zero-order chi connectivity index (χ0) is 20.8. The normalized spacial score (nSPS) is 33.6. The molecule has 5 rings (SSSR count). The van der Waals surface area contributed by atoms with E-state index in [0.717, 1.165) is 38.8 Å². The smallest absolute Gasteiger partial charge is 0.248 e. The highest BCUT2D eigenvalue weighted by Crippen LogP contribution is 2.50. The summed E-state index contributed by atoms with van der Waals surface area (Å²) in [6, 6.07) is 19.1. The summed E-state index contributed by atoms with van der Waals surface area (Å²) in [4.78, 5) is 14.2. The van der Waals surface area contributed by atoms with Crippen LogP contribution in [0.3, 0.4) is 0 Å². The molecule has 0 radical (unpaired) electrons. The lowest BCUT2D eigenvalue weighted by Gasteiger charge is -2.54. The molecule has 3 N–H and O–H groups in total. The van der Waals surface area contributed by atoms with Crippen LogP contribution in [0.1, 0.15) is 72.3 Å². The van der Waals surface area contributed by atoms with Crippen molar-refractivity contribution in [2.75, 3.05) is 13.1 Å². The molecular formula is C26H32N2O2. The van der Waals surface area contributed by atoms with E-state index in [4.69, 9.17) is 5.73 Å². The van der Waals surface area contributed by atoms with Crippen LogP contribution in [0, 0.1) is 0 Å². The molecule has 1 heterocycles. The van der Waals surface area contributed by atoms with Crippen LogP contribution < -0.4 is 5.73 Å². The second kappa shape index (κ2) is 7.51. The number of β-amino-alcohol motifs (C(OH)–C–C–N with tert-alkyl or cyclic N) is 1. The maximum atomic E-state index is 11.7. The molecule has 1 saturated heterocycles. The van der Waals surface area contributed by atoms with Crippen LogP contribution >= 0.6 is 0 Å². The van der Waals surface area contributed by atoms with Crippen LogP contribution in [0.2, 0.25) is 0 Å². The summed E-state index contributed by atoms with van der Waals surface area (Å²) in [5, 5.41) is 11.2. The minimum atomic E-state index is -0.552. The molecular weight excluding hydrogens is 372 g/mol. The number of aliphatic hydroxyl groups is 1. The van der Waals surface area contributed by atoms with Crippen molar-refractivity contribution in [2.45, 2.75) is 67.9 Å². The molecule has 3 aliphatic rings. The fraction of sp³-hybridized carbons (Fsp3) is 0.500. The summed E-state index contributed by atoms with van der Waals surface area (Å²) in [5.41, 5.74) is 8.37. The highest BCUT2D eigenvalue weighted by molar-refractivity contribution is 5.92. The van der Waals surface area contributed by atoms with Gasteiger partial charge in [-0.15, -0.1) is 0 Å². The monoisotopic (exact) mass is 404 g/mol. The summed E-state index contributed by atoms with van der Waals surface area (Å²) >= 11 is 0. The van der Waals surface area contributed by atoms with E-state index >= 15 is 0 Å². The molecule has 1 amide bonds. The molecule has 1 aliphatic heterocycles. The van der Waals surface area contributed by atoms with Crippen LogP contribution in [0.4, 0.5) is 0 Å². The van der Waals surface area contributed by atoms with E-state index in [9.17, 15) is 9.90 Å². The number of rotatable bonds is 5. The number of hydrogen-bond donors (Lipinski definition) is 2. The highest BCUT2D eigenvalue weighted by atomic mass is 16.3. The summed E-state index contributed by atoms with van der Waals surface area (Å²) in [5.74, 6) is 0.140. The fourth-order valence-corrected chi connectivity index (χ4v) is 6.35. The average Bonchev–Trinajstić information content (AvgIpc) is 2.75. The molecule has 2 aliphatic carbocycles. The van der Waals surface area contributed by atoms with Gasteiger partial charge in [-0.2, -0.15) is 0 Å². The first-order valence-electron chi connectivity index (χ1n) is 11.4. The number of likely N-dealkylation sites (tertiary alicyclic amines) is 1. The summed E-state index contributed by atoms with van der Waals surface area (Å²) in [7, 11) is 0. The van der Waals surface area contributed by atoms with Crippen molar-refractivity contribution in [1.82, 2.24) is 4.90 Å². The lowest BCUT2D eigenvalue weighted by atomic mass is 9.62. The Morgan fingerprint density at radius 1 is 1.07 bits per heavy atom. The van der Waals surface area contributed by atoms with Crippen molar-refractivity contribution in [3.8, 4) is 0 Å². The van der Waals surface area contributed by atoms with Crippen molar-refractivity contribution in [2.24, 2.45) is 5.73 Å². The van der Waals surface area contributed by atoms with Gasteiger partial charge in [0, 0.05) is 18.2 Å². The molecule has 158 valence electrons. The van der Waals surface area contributed by atoms with Gasteiger partial charge in [0.1, 0.15) is 0 Å². The van der Waals surface area contributed by atoms with E-state index in [1.165, 1.54) is 30.4 Å². The van der Waals surface area contributed by atoms with Gasteiger partial charge in [0.05, 0.1) is 5.60 Å². The van der Waals surface area contributed by atoms with Crippen molar-refractivity contribution < 1.29 is 9.90 Å². The molecule has 2 saturated carbocycles. The van der Waals surface area contributed by atoms with Gasteiger partial charge in [0.2, 0.25) is 5.91 Å². The fourth-order valence-electron chi connectivity index (χ4n) is 6.35. The summed E-state index contributed by atoms with van der Waals surface area (Å²) in [6.07, 6.45) is 7.53. The molecule has 30 heavy (non-hydrogen) atoms. The number of hydrogen-bond acceptors (Lipinski definition) is 3. The predicted octanol–water partition coefficient (Wildman–Crippen LogP) is 3.98. The SMILES string of the molecule is NC(=O)c1cccc(C23CCCC(C2)N(CC2(O)CC(c4ccccc4)C2)CC3)c1. The standard InChI is InChI=1S/C26H32N2O2/c27-24(29)20-8-4-9-22(14-20)25-11-5-10-23(17-25)28(13-12-25)18-26(30)15-21(16-26)19-6-2-1-3-7-19/h1-4,6-9,14,21,23,30H,5,10-13,15-18H2,(H2,27,29). The minimum Gasteiger partial charge on any atom is -0.389 e. The van der Waals surface area contributed by atoms with E-state index in [2.05, 4.69) is 41.3 Å². The summed E-state index contributed by atoms with van der Waals surface area (Å²) in [6.45, 7) is 1.81. The van der Waals surface area contributed by atoms with Gasteiger partial charge in [-0.3, -0.25) is 9.69 Å². The molecule has 4 heteroatoms.